The van der Waals surface area contributed by atoms with Gasteiger partial charge < -0.3 is 19.2 Å². The lowest BCUT2D eigenvalue weighted by molar-refractivity contribution is -0.870. The standard InChI is InChI=1S/C24H48NO7P/c1-5-6-7-8-9-10-11-12-13-14-15-16-17-18-24(27)30-22-23(21-26)32-33(28,29)31-20-19-25(2,3)4/h10-11,23,26H,5-9,12-22H2,1-4H3/p+1/b11-10+/t23-/m0/s1. The third kappa shape index (κ3) is 22.8. The fourth-order valence-corrected chi connectivity index (χ4v) is 3.89. The van der Waals surface area contributed by atoms with Gasteiger partial charge in [0.2, 0.25) is 0 Å². The van der Waals surface area contributed by atoms with E-state index in [1.807, 2.05) is 21.1 Å². The maximum atomic E-state index is 12.0. The van der Waals surface area contributed by atoms with Crippen molar-refractivity contribution in [3.8, 4) is 0 Å². The van der Waals surface area contributed by atoms with E-state index in [2.05, 4.69) is 19.1 Å². The molecule has 0 saturated heterocycles. The zero-order valence-electron chi connectivity index (χ0n) is 21.4. The molecule has 0 aliphatic rings. The topological polar surface area (TPSA) is 102 Å². The van der Waals surface area contributed by atoms with E-state index in [9.17, 15) is 19.4 Å². The van der Waals surface area contributed by atoms with Crippen molar-refractivity contribution in [1.29, 1.82) is 0 Å². The smallest absolute Gasteiger partial charge is 0.463 e. The zero-order chi connectivity index (χ0) is 25.0. The van der Waals surface area contributed by atoms with Crippen LogP contribution in [0.5, 0.6) is 0 Å². The number of hydrogen-bond acceptors (Lipinski definition) is 6. The number of hydrogen-bond donors (Lipinski definition) is 2. The molecule has 2 atom stereocenters. The Kier molecular flexibility index (Phi) is 19.1. The molecule has 0 rings (SSSR count). The molecule has 0 heterocycles. The Bertz CT molecular complexity index is 564. The largest absolute Gasteiger partial charge is 0.472 e. The van der Waals surface area contributed by atoms with Crippen LogP contribution >= 0.6 is 7.82 Å². The van der Waals surface area contributed by atoms with Gasteiger partial charge in [-0.3, -0.25) is 13.8 Å². The Morgan fingerprint density at radius 3 is 2.12 bits per heavy atom. The van der Waals surface area contributed by atoms with Crippen molar-refractivity contribution in [2.75, 3.05) is 47.5 Å². The van der Waals surface area contributed by atoms with Gasteiger partial charge in [0.1, 0.15) is 25.9 Å². The Hall–Kier alpha value is -0.760. The Morgan fingerprint density at radius 1 is 0.970 bits per heavy atom. The molecular formula is C24H49NO7P+. The molecule has 0 aliphatic carbocycles. The Labute approximate surface area is 201 Å². The van der Waals surface area contributed by atoms with Crippen molar-refractivity contribution in [3.63, 3.8) is 0 Å². The minimum absolute atomic E-state index is 0.0323. The third-order valence-corrected chi connectivity index (χ3v) is 6.15. The molecule has 0 radical (unpaired) electrons. The lowest BCUT2D eigenvalue weighted by Crippen LogP contribution is -2.37. The van der Waals surface area contributed by atoms with E-state index in [0.29, 0.717) is 11.0 Å². The number of aliphatic hydroxyl groups is 1. The molecule has 2 N–H and O–H groups in total. The molecule has 0 bridgehead atoms. The first-order valence-corrected chi connectivity index (χ1v) is 14.0. The Morgan fingerprint density at radius 2 is 1.55 bits per heavy atom. The number of phosphoric acid groups is 1. The second-order valence-corrected chi connectivity index (χ2v) is 10.9. The second-order valence-electron chi connectivity index (χ2n) is 9.54. The number of esters is 1. The van der Waals surface area contributed by atoms with Crippen molar-refractivity contribution >= 4 is 13.8 Å². The number of phosphoric ester groups is 1. The fraction of sp³-hybridized carbons (Fsp3) is 0.875. The molecule has 33 heavy (non-hydrogen) atoms. The summed E-state index contributed by atoms with van der Waals surface area (Å²) in [6, 6.07) is 0. The first-order chi connectivity index (χ1) is 15.6. The average Bonchev–Trinajstić information content (AvgIpc) is 2.73. The maximum absolute atomic E-state index is 12.0. The van der Waals surface area contributed by atoms with Crippen molar-refractivity contribution in [2.24, 2.45) is 0 Å². The highest BCUT2D eigenvalue weighted by atomic mass is 31.2. The number of unbranched alkanes of at least 4 members (excludes halogenated alkanes) is 9. The molecule has 0 amide bonds. The van der Waals surface area contributed by atoms with Gasteiger partial charge in [-0.05, 0) is 32.1 Å². The van der Waals surface area contributed by atoms with Crippen LogP contribution in [0.2, 0.25) is 0 Å². The van der Waals surface area contributed by atoms with Crippen LogP contribution in [0.4, 0.5) is 0 Å². The van der Waals surface area contributed by atoms with E-state index in [0.717, 1.165) is 32.1 Å². The van der Waals surface area contributed by atoms with Crippen LogP contribution in [0.25, 0.3) is 0 Å². The summed E-state index contributed by atoms with van der Waals surface area (Å²) in [6.45, 7) is 1.93. The maximum Gasteiger partial charge on any atom is 0.472 e. The van der Waals surface area contributed by atoms with Crippen molar-refractivity contribution in [3.05, 3.63) is 12.2 Å². The van der Waals surface area contributed by atoms with Gasteiger partial charge in [0.25, 0.3) is 0 Å². The van der Waals surface area contributed by atoms with E-state index in [1.165, 1.54) is 38.5 Å². The van der Waals surface area contributed by atoms with Crippen LogP contribution in [0.3, 0.4) is 0 Å². The molecule has 196 valence electrons. The SMILES string of the molecule is CCCCCC/C=C/CCCCCCCC(=O)OC[C@H](CO)OP(=O)(O)OCC[N+](C)(C)C. The predicted molar refractivity (Wildman–Crippen MR) is 132 cm³/mol. The van der Waals surface area contributed by atoms with Crippen LogP contribution in [0, 0.1) is 0 Å². The van der Waals surface area contributed by atoms with Crippen LogP contribution in [0.15, 0.2) is 12.2 Å². The van der Waals surface area contributed by atoms with Crippen LogP contribution in [0.1, 0.15) is 84.0 Å². The van der Waals surface area contributed by atoms with Crippen LogP contribution < -0.4 is 0 Å². The lowest BCUT2D eigenvalue weighted by Gasteiger charge is -2.24. The number of rotatable bonds is 22. The molecule has 0 aliphatic heterocycles. The first-order valence-electron chi connectivity index (χ1n) is 12.5. The van der Waals surface area contributed by atoms with Gasteiger partial charge in [0.05, 0.1) is 27.7 Å². The molecule has 0 aromatic carbocycles. The molecule has 0 aromatic rings. The quantitative estimate of drug-likeness (QED) is 0.0719. The normalized spacial score (nSPS) is 15.0. The summed E-state index contributed by atoms with van der Waals surface area (Å²) in [4.78, 5) is 21.6. The summed E-state index contributed by atoms with van der Waals surface area (Å²) in [6.07, 6.45) is 16.4. The molecule has 0 spiro atoms. The van der Waals surface area contributed by atoms with Crippen molar-refractivity contribution in [2.45, 2.75) is 90.1 Å². The van der Waals surface area contributed by atoms with Gasteiger partial charge in [-0.15, -0.1) is 0 Å². The summed E-state index contributed by atoms with van der Waals surface area (Å²) in [7, 11) is 1.45. The molecule has 1 unspecified atom stereocenters. The zero-order valence-corrected chi connectivity index (χ0v) is 22.3. The number of quaternary nitrogens is 1. The number of ether oxygens (including phenoxy) is 1. The van der Waals surface area contributed by atoms with E-state index in [4.69, 9.17) is 13.8 Å². The monoisotopic (exact) mass is 494 g/mol. The fourth-order valence-electron chi connectivity index (χ4n) is 3.01. The average molecular weight is 495 g/mol. The van der Waals surface area contributed by atoms with Crippen molar-refractivity contribution < 1.29 is 37.6 Å². The highest BCUT2D eigenvalue weighted by molar-refractivity contribution is 7.47. The van der Waals surface area contributed by atoms with Gasteiger partial charge in [-0.25, -0.2) is 4.57 Å². The molecule has 0 fully saturated rings. The minimum Gasteiger partial charge on any atom is -0.463 e. The lowest BCUT2D eigenvalue weighted by atomic mass is 10.1. The van der Waals surface area contributed by atoms with Crippen LogP contribution in [-0.4, -0.2) is 74.1 Å². The number of allylic oxidation sites excluding steroid dienone is 2. The number of carbonyl (C=O) groups is 1. The Balaban J connectivity index is 3.79. The van der Waals surface area contributed by atoms with E-state index >= 15 is 0 Å². The summed E-state index contributed by atoms with van der Waals surface area (Å²) < 4.78 is 27.5. The number of likely N-dealkylation sites (N-methyl/N-ethyl adjacent to an activating group) is 1. The van der Waals surface area contributed by atoms with E-state index in [-0.39, 0.29) is 19.6 Å². The number of aliphatic hydroxyl groups excluding tert-OH is 1. The molecule has 9 heteroatoms. The van der Waals surface area contributed by atoms with Gasteiger partial charge in [-0.1, -0.05) is 57.6 Å². The predicted octanol–water partition coefficient (Wildman–Crippen LogP) is 4.99. The highest BCUT2D eigenvalue weighted by Gasteiger charge is 2.28. The van der Waals surface area contributed by atoms with Gasteiger partial charge in [-0.2, -0.15) is 0 Å². The molecule has 0 aromatic heterocycles. The summed E-state index contributed by atoms with van der Waals surface area (Å²) in [5.74, 6) is -0.401. The second kappa shape index (κ2) is 19.5. The molecule has 0 saturated carbocycles. The van der Waals surface area contributed by atoms with E-state index < -0.39 is 26.5 Å². The number of nitrogens with zero attached hydrogens (tertiary/aromatic N) is 1. The van der Waals surface area contributed by atoms with Gasteiger partial charge in [0, 0.05) is 6.42 Å². The van der Waals surface area contributed by atoms with Crippen LogP contribution in [-0.2, 0) is 23.1 Å². The van der Waals surface area contributed by atoms with Crippen molar-refractivity contribution in [1.82, 2.24) is 0 Å². The number of carbonyl (C=O) groups excluding carboxylic acids is 1. The van der Waals surface area contributed by atoms with Gasteiger partial charge in [0.15, 0.2) is 0 Å². The summed E-state index contributed by atoms with van der Waals surface area (Å²) in [5, 5.41) is 9.34. The molecular weight excluding hydrogens is 445 g/mol. The van der Waals surface area contributed by atoms with E-state index in [1.54, 1.807) is 0 Å². The highest BCUT2D eigenvalue weighted by Crippen LogP contribution is 2.44. The minimum atomic E-state index is -4.33. The third-order valence-electron chi connectivity index (χ3n) is 5.08. The van der Waals surface area contributed by atoms with Gasteiger partial charge >= 0.3 is 13.8 Å². The first kappa shape index (κ1) is 32.2. The molecule has 8 nitrogen and oxygen atoms in total. The summed E-state index contributed by atoms with van der Waals surface area (Å²) >= 11 is 0. The summed E-state index contributed by atoms with van der Waals surface area (Å²) in [5.41, 5.74) is 0.